The van der Waals surface area contributed by atoms with Gasteiger partial charge in [-0.2, -0.15) is 0 Å². The van der Waals surface area contributed by atoms with Crippen molar-refractivity contribution in [2.75, 3.05) is 0 Å². The van der Waals surface area contributed by atoms with Crippen molar-refractivity contribution in [3.63, 3.8) is 0 Å². The molecule has 0 radical (unpaired) electrons. The van der Waals surface area contributed by atoms with Gasteiger partial charge in [0.1, 0.15) is 0 Å². The first-order valence-electron chi connectivity index (χ1n) is 8.35. The van der Waals surface area contributed by atoms with Crippen molar-refractivity contribution in [3.8, 4) is 0 Å². The van der Waals surface area contributed by atoms with E-state index in [0.29, 0.717) is 24.0 Å². The molecule has 1 aliphatic carbocycles. The van der Waals surface area contributed by atoms with E-state index in [-0.39, 0.29) is 5.91 Å². The average Bonchev–Trinajstić information content (AvgIpc) is 2.54. The second-order valence-electron chi connectivity index (χ2n) is 6.06. The number of hydrogen-bond acceptors (Lipinski definition) is 2. The highest BCUT2D eigenvalue weighted by molar-refractivity contribution is 7.80. The molecular formula is C18H26N2OS. The molecular weight excluding hydrogens is 292 g/mol. The van der Waals surface area contributed by atoms with Crippen LogP contribution in [0.4, 0.5) is 0 Å². The van der Waals surface area contributed by atoms with Gasteiger partial charge in [-0.3, -0.25) is 4.79 Å². The predicted octanol–water partition coefficient (Wildman–Crippen LogP) is 4.03. The molecule has 1 amide bonds. The maximum atomic E-state index is 11.5. The lowest BCUT2D eigenvalue weighted by Gasteiger charge is -2.22. The molecule has 22 heavy (non-hydrogen) atoms. The van der Waals surface area contributed by atoms with Crippen molar-refractivity contribution in [2.45, 2.75) is 64.3 Å². The van der Waals surface area contributed by atoms with Gasteiger partial charge in [-0.25, -0.2) is 0 Å². The van der Waals surface area contributed by atoms with Gasteiger partial charge in [-0.15, -0.1) is 0 Å². The zero-order chi connectivity index (χ0) is 15.8. The second kappa shape index (κ2) is 8.89. The normalized spacial score (nSPS) is 15.3. The zero-order valence-electron chi connectivity index (χ0n) is 13.4. The van der Waals surface area contributed by atoms with Gasteiger partial charge in [0.25, 0.3) is 0 Å². The monoisotopic (exact) mass is 318 g/mol. The van der Waals surface area contributed by atoms with Crippen LogP contribution in [0.1, 0.15) is 68.9 Å². The SMILES string of the molecule is CCCC(=O)NC(=S)NCc1cccc(C2CCCCC2)c1. The number of hydrogen-bond donors (Lipinski definition) is 2. The molecule has 1 aromatic carbocycles. The van der Waals surface area contributed by atoms with Crippen molar-refractivity contribution >= 4 is 23.2 Å². The van der Waals surface area contributed by atoms with Crippen LogP contribution in [-0.4, -0.2) is 11.0 Å². The van der Waals surface area contributed by atoms with Gasteiger partial charge in [-0.1, -0.05) is 50.5 Å². The highest BCUT2D eigenvalue weighted by Crippen LogP contribution is 2.32. The highest BCUT2D eigenvalue weighted by atomic mass is 32.1. The minimum atomic E-state index is -0.0176. The second-order valence-corrected chi connectivity index (χ2v) is 6.47. The third kappa shape index (κ3) is 5.41. The number of amides is 1. The number of rotatable bonds is 5. The lowest BCUT2D eigenvalue weighted by atomic mass is 9.83. The molecule has 0 atom stereocenters. The van der Waals surface area contributed by atoms with Gasteiger partial charge in [0, 0.05) is 13.0 Å². The quantitative estimate of drug-likeness (QED) is 0.806. The predicted molar refractivity (Wildman–Crippen MR) is 94.8 cm³/mol. The summed E-state index contributed by atoms with van der Waals surface area (Å²) in [7, 11) is 0. The summed E-state index contributed by atoms with van der Waals surface area (Å²) >= 11 is 5.16. The Balaban J connectivity index is 1.85. The molecule has 1 aromatic rings. The van der Waals surface area contributed by atoms with E-state index >= 15 is 0 Å². The Morgan fingerprint density at radius 3 is 2.77 bits per heavy atom. The smallest absolute Gasteiger partial charge is 0.226 e. The average molecular weight is 318 g/mol. The molecule has 0 unspecified atom stereocenters. The molecule has 0 aliphatic heterocycles. The fraction of sp³-hybridized carbons (Fsp3) is 0.556. The van der Waals surface area contributed by atoms with E-state index < -0.39 is 0 Å². The van der Waals surface area contributed by atoms with Crippen molar-refractivity contribution in [1.29, 1.82) is 0 Å². The summed E-state index contributed by atoms with van der Waals surface area (Å²) < 4.78 is 0. The van der Waals surface area contributed by atoms with Crippen LogP contribution in [-0.2, 0) is 11.3 Å². The Kier molecular flexibility index (Phi) is 6.84. The Morgan fingerprint density at radius 1 is 1.27 bits per heavy atom. The first kappa shape index (κ1) is 16.9. The molecule has 1 aliphatic rings. The van der Waals surface area contributed by atoms with E-state index in [9.17, 15) is 4.79 Å². The van der Waals surface area contributed by atoms with Crippen LogP contribution < -0.4 is 10.6 Å². The lowest BCUT2D eigenvalue weighted by molar-refractivity contribution is -0.119. The molecule has 1 saturated carbocycles. The number of carbonyl (C=O) groups excluding carboxylic acids is 1. The Labute approximate surface area is 138 Å². The van der Waals surface area contributed by atoms with Crippen LogP contribution in [0.3, 0.4) is 0 Å². The van der Waals surface area contributed by atoms with E-state index in [2.05, 4.69) is 34.9 Å². The molecule has 4 heteroatoms. The van der Waals surface area contributed by atoms with Crippen LogP contribution in [0.5, 0.6) is 0 Å². The van der Waals surface area contributed by atoms with Crippen molar-refractivity contribution < 1.29 is 4.79 Å². The highest BCUT2D eigenvalue weighted by Gasteiger charge is 2.15. The van der Waals surface area contributed by atoms with Crippen LogP contribution >= 0.6 is 12.2 Å². The number of benzene rings is 1. The Hall–Kier alpha value is -1.42. The number of carbonyl (C=O) groups is 1. The van der Waals surface area contributed by atoms with Crippen LogP contribution in [0.25, 0.3) is 0 Å². The molecule has 0 spiro atoms. The van der Waals surface area contributed by atoms with Gasteiger partial charge in [0.05, 0.1) is 0 Å². The van der Waals surface area contributed by atoms with E-state index in [4.69, 9.17) is 12.2 Å². The minimum Gasteiger partial charge on any atom is -0.358 e. The number of nitrogens with one attached hydrogen (secondary N) is 2. The van der Waals surface area contributed by atoms with Crippen LogP contribution in [0, 0.1) is 0 Å². The summed E-state index contributed by atoms with van der Waals surface area (Å²) in [4.78, 5) is 11.5. The van der Waals surface area contributed by atoms with Crippen molar-refractivity contribution in [1.82, 2.24) is 10.6 Å². The molecule has 2 rings (SSSR count). The fourth-order valence-corrected chi connectivity index (χ4v) is 3.22. The molecule has 0 saturated heterocycles. The summed E-state index contributed by atoms with van der Waals surface area (Å²) in [5, 5.41) is 6.25. The molecule has 2 N–H and O–H groups in total. The molecule has 1 fully saturated rings. The maximum Gasteiger partial charge on any atom is 0.226 e. The van der Waals surface area contributed by atoms with E-state index in [0.717, 1.165) is 6.42 Å². The summed E-state index contributed by atoms with van der Waals surface area (Å²) in [5.41, 5.74) is 2.66. The summed E-state index contributed by atoms with van der Waals surface area (Å²) in [6, 6.07) is 8.75. The Bertz CT molecular complexity index is 510. The third-order valence-corrected chi connectivity index (χ3v) is 4.46. The molecule has 120 valence electrons. The molecule has 3 nitrogen and oxygen atoms in total. The van der Waals surface area contributed by atoms with Crippen LogP contribution in [0.15, 0.2) is 24.3 Å². The number of thiocarbonyl (C=S) groups is 1. The van der Waals surface area contributed by atoms with Gasteiger partial charge in [0.2, 0.25) is 5.91 Å². The van der Waals surface area contributed by atoms with E-state index in [1.165, 1.54) is 43.2 Å². The molecule has 0 aromatic heterocycles. The first-order valence-corrected chi connectivity index (χ1v) is 8.76. The van der Waals surface area contributed by atoms with E-state index in [1.54, 1.807) is 0 Å². The third-order valence-electron chi connectivity index (χ3n) is 4.21. The fourth-order valence-electron chi connectivity index (χ4n) is 3.04. The van der Waals surface area contributed by atoms with Crippen LogP contribution in [0.2, 0.25) is 0 Å². The van der Waals surface area contributed by atoms with Gasteiger partial charge in [-0.05, 0) is 48.5 Å². The molecule has 0 heterocycles. The lowest BCUT2D eigenvalue weighted by Crippen LogP contribution is -2.38. The zero-order valence-corrected chi connectivity index (χ0v) is 14.2. The van der Waals surface area contributed by atoms with Crippen molar-refractivity contribution in [3.05, 3.63) is 35.4 Å². The Morgan fingerprint density at radius 2 is 2.05 bits per heavy atom. The summed E-state index contributed by atoms with van der Waals surface area (Å²) in [6.07, 6.45) is 8.03. The summed E-state index contributed by atoms with van der Waals surface area (Å²) in [6.45, 7) is 2.64. The maximum absolute atomic E-state index is 11.5. The molecule has 0 bridgehead atoms. The van der Waals surface area contributed by atoms with Gasteiger partial charge >= 0.3 is 0 Å². The van der Waals surface area contributed by atoms with Gasteiger partial charge in [0.15, 0.2) is 5.11 Å². The van der Waals surface area contributed by atoms with Crippen molar-refractivity contribution in [2.24, 2.45) is 0 Å². The summed E-state index contributed by atoms with van der Waals surface area (Å²) in [5.74, 6) is 0.695. The van der Waals surface area contributed by atoms with Gasteiger partial charge < -0.3 is 10.6 Å². The van der Waals surface area contributed by atoms with E-state index in [1.807, 2.05) is 6.92 Å². The first-order chi connectivity index (χ1) is 10.7. The largest absolute Gasteiger partial charge is 0.358 e. The standard InChI is InChI=1S/C18H26N2OS/c1-2-7-17(21)20-18(22)19-13-14-8-6-11-16(12-14)15-9-4-3-5-10-15/h6,8,11-12,15H,2-5,7,9-10,13H2,1H3,(H2,19,20,21,22). The minimum absolute atomic E-state index is 0.0176. The topological polar surface area (TPSA) is 41.1 Å².